The van der Waals surface area contributed by atoms with Crippen molar-refractivity contribution < 1.29 is 10.2 Å². The standard InChI is InChI=1S/C6H5.C3H7O2.2HI.Sn/c1-2-4-6-5-3-1;1-3(5)2-4;;;/h1-5H;3-5H,1-2H2;2*1H;/q;;;;+2/p-2. The summed E-state index contributed by atoms with van der Waals surface area (Å²) in [6.45, 7) is -0.127. The molecule has 5 heteroatoms. The van der Waals surface area contributed by atoms with Crippen LogP contribution in [0.5, 0.6) is 0 Å². The van der Waals surface area contributed by atoms with Crippen molar-refractivity contribution in [2.45, 2.75) is 10.5 Å². The number of hydrogen-bond acceptors (Lipinski definition) is 2. The Morgan fingerprint density at radius 2 is 1.79 bits per heavy atom. The molecular weight excluding hydrogens is 513 g/mol. The van der Waals surface area contributed by atoms with Crippen molar-refractivity contribution in [3.63, 3.8) is 0 Å². The van der Waals surface area contributed by atoms with Gasteiger partial charge in [-0.25, -0.2) is 0 Å². The average Bonchev–Trinajstić information content (AvgIpc) is 2.18. The maximum absolute atomic E-state index is 9.45. The molecule has 0 saturated carbocycles. The number of benzene rings is 1. The van der Waals surface area contributed by atoms with E-state index in [4.69, 9.17) is 5.11 Å². The predicted molar refractivity (Wildman–Crippen MR) is 77.8 cm³/mol. The number of aliphatic hydroxyl groups is 2. The summed E-state index contributed by atoms with van der Waals surface area (Å²) in [5.74, 6) is 0. The molecule has 2 N–H and O–H groups in total. The second-order valence-corrected chi connectivity index (χ2v) is 48.5. The van der Waals surface area contributed by atoms with E-state index in [0.29, 0.717) is 0 Å². The molecule has 14 heavy (non-hydrogen) atoms. The topological polar surface area (TPSA) is 40.5 Å². The molecule has 0 aliphatic rings. The van der Waals surface area contributed by atoms with E-state index >= 15 is 0 Å². The van der Waals surface area contributed by atoms with Crippen LogP contribution in [0.2, 0.25) is 4.44 Å². The first-order valence-corrected chi connectivity index (χ1v) is 24.4. The zero-order valence-corrected chi connectivity index (χ0v) is 14.7. The van der Waals surface area contributed by atoms with E-state index in [0.717, 1.165) is 4.44 Å². The first kappa shape index (κ1) is 13.5. The maximum atomic E-state index is 9.45. The summed E-state index contributed by atoms with van der Waals surface area (Å²) in [5, 5.41) is 18.3. The van der Waals surface area contributed by atoms with Gasteiger partial charge in [-0.15, -0.1) is 0 Å². The first-order chi connectivity index (χ1) is 6.56. The van der Waals surface area contributed by atoms with Crippen LogP contribution in [-0.2, 0) is 0 Å². The summed E-state index contributed by atoms with van der Waals surface area (Å²) >= 11 is 5.01. The van der Waals surface area contributed by atoms with Gasteiger partial charge in [0.2, 0.25) is 0 Å². The van der Waals surface area contributed by atoms with Gasteiger partial charge in [0.1, 0.15) is 0 Å². The second-order valence-electron chi connectivity index (χ2n) is 3.11. The Hall–Kier alpha value is 1.40. The van der Waals surface area contributed by atoms with Crippen molar-refractivity contribution in [2.75, 3.05) is 6.61 Å². The Morgan fingerprint density at radius 3 is 2.29 bits per heavy atom. The molecule has 0 spiro atoms. The molecule has 0 aliphatic carbocycles. The van der Waals surface area contributed by atoms with Gasteiger partial charge >= 0.3 is 109 Å². The molecule has 0 heterocycles. The molecule has 0 amide bonds. The van der Waals surface area contributed by atoms with E-state index in [1.54, 1.807) is 0 Å². The molecule has 0 saturated heterocycles. The van der Waals surface area contributed by atoms with Gasteiger partial charge in [0.05, 0.1) is 0 Å². The summed E-state index contributed by atoms with van der Waals surface area (Å²) in [6.07, 6.45) is -0.556. The van der Waals surface area contributed by atoms with E-state index < -0.39 is 16.5 Å². The molecule has 0 bridgehead atoms. The molecule has 1 rings (SSSR count). The summed E-state index contributed by atoms with van der Waals surface area (Å²) in [4.78, 5) is 0. The van der Waals surface area contributed by atoms with Gasteiger partial charge in [0.25, 0.3) is 0 Å². The molecule has 78 valence electrons. The zero-order valence-electron chi connectivity index (χ0n) is 7.53. The SMILES string of the molecule is OCC(O)[CH2][Sn]([I])([I])[c]1ccccc1. The molecular formula is C9H12I2O2Sn. The van der Waals surface area contributed by atoms with Crippen LogP contribution < -0.4 is 3.58 Å². The molecule has 2 nitrogen and oxygen atoms in total. The quantitative estimate of drug-likeness (QED) is 0.464. The number of hydrogen-bond donors (Lipinski definition) is 2. The van der Waals surface area contributed by atoms with Crippen molar-refractivity contribution in [1.29, 1.82) is 0 Å². The van der Waals surface area contributed by atoms with Gasteiger partial charge in [-0.1, -0.05) is 0 Å². The van der Waals surface area contributed by atoms with Gasteiger partial charge in [-0.3, -0.25) is 0 Å². The van der Waals surface area contributed by atoms with E-state index in [2.05, 4.69) is 49.4 Å². The van der Waals surface area contributed by atoms with Crippen molar-refractivity contribution in [3.05, 3.63) is 30.3 Å². The summed E-state index contributed by atoms with van der Waals surface area (Å²) < 4.78 is 2.13. The number of aliphatic hydroxyl groups excluding tert-OH is 2. The molecule has 1 atom stereocenters. The van der Waals surface area contributed by atoms with Crippen LogP contribution in [0.3, 0.4) is 0 Å². The third kappa shape index (κ3) is 4.11. The van der Waals surface area contributed by atoms with Crippen molar-refractivity contribution in [2.24, 2.45) is 0 Å². The van der Waals surface area contributed by atoms with Crippen LogP contribution >= 0.6 is 37.3 Å². The normalized spacial score (nSPS) is 14.0. The average molecular weight is 525 g/mol. The fourth-order valence-electron chi connectivity index (χ4n) is 1.16. The van der Waals surface area contributed by atoms with Gasteiger partial charge < -0.3 is 0 Å². The van der Waals surface area contributed by atoms with E-state index in [1.165, 1.54) is 3.58 Å². The minimum atomic E-state index is -2.39. The molecule has 1 unspecified atom stereocenters. The van der Waals surface area contributed by atoms with E-state index in [1.807, 2.05) is 18.2 Å². The molecule has 0 aliphatic heterocycles. The number of rotatable bonds is 4. The predicted octanol–water partition coefficient (Wildman–Crippen LogP) is 1.56. The van der Waals surface area contributed by atoms with Crippen LogP contribution in [-0.4, -0.2) is 33.4 Å². The van der Waals surface area contributed by atoms with Gasteiger partial charge in [-0.2, -0.15) is 0 Å². The molecule has 0 fully saturated rings. The fourth-order valence-corrected chi connectivity index (χ4v) is 17.5. The molecule has 0 aromatic heterocycles. The fraction of sp³-hybridized carbons (Fsp3) is 0.333. The van der Waals surface area contributed by atoms with Crippen molar-refractivity contribution in [3.8, 4) is 0 Å². The van der Waals surface area contributed by atoms with Crippen molar-refractivity contribution in [1.82, 2.24) is 0 Å². The van der Waals surface area contributed by atoms with Crippen LogP contribution in [0.1, 0.15) is 0 Å². The zero-order chi connectivity index (χ0) is 10.6. The summed E-state index contributed by atoms with van der Waals surface area (Å²) in [6, 6.07) is 10.3. The first-order valence-electron chi connectivity index (χ1n) is 4.28. The van der Waals surface area contributed by atoms with Crippen molar-refractivity contribution >= 4 is 51.3 Å². The Bertz CT molecular complexity index is 279. The van der Waals surface area contributed by atoms with E-state index in [-0.39, 0.29) is 6.61 Å². The Morgan fingerprint density at radius 1 is 1.21 bits per heavy atom. The van der Waals surface area contributed by atoms with Crippen LogP contribution in [0.25, 0.3) is 0 Å². The van der Waals surface area contributed by atoms with Gasteiger partial charge in [0, 0.05) is 0 Å². The second kappa shape index (κ2) is 6.21. The molecule has 1 aromatic rings. The minimum absolute atomic E-state index is 0.127. The third-order valence-corrected chi connectivity index (χ3v) is 22.3. The Labute approximate surface area is 107 Å². The third-order valence-electron chi connectivity index (χ3n) is 1.90. The van der Waals surface area contributed by atoms with Gasteiger partial charge in [0.15, 0.2) is 0 Å². The van der Waals surface area contributed by atoms with Crippen LogP contribution in [0.15, 0.2) is 30.3 Å². The Kier molecular flexibility index (Phi) is 5.97. The Balaban J connectivity index is 2.75. The number of halogens is 2. The molecule has 0 radical (unpaired) electrons. The summed E-state index contributed by atoms with van der Waals surface area (Å²) in [7, 11) is -2.39. The summed E-state index contributed by atoms with van der Waals surface area (Å²) in [5.41, 5.74) is 0. The van der Waals surface area contributed by atoms with Crippen LogP contribution in [0, 0.1) is 0 Å². The monoisotopic (exact) mass is 526 g/mol. The van der Waals surface area contributed by atoms with Crippen LogP contribution in [0.4, 0.5) is 0 Å². The van der Waals surface area contributed by atoms with Gasteiger partial charge in [-0.05, 0) is 0 Å². The molecule has 1 aromatic carbocycles. The van der Waals surface area contributed by atoms with E-state index in [9.17, 15) is 5.11 Å².